The number of anilines is 1. The number of rotatable bonds is 7. The number of amides is 1. The van der Waals surface area contributed by atoms with E-state index in [1.54, 1.807) is 42.6 Å². The summed E-state index contributed by atoms with van der Waals surface area (Å²) in [6, 6.07) is 6.65. The Morgan fingerprint density at radius 3 is 2.43 bits per heavy atom. The van der Waals surface area contributed by atoms with Gasteiger partial charge in [0, 0.05) is 11.8 Å². The molecule has 0 aliphatic heterocycles. The Kier molecular flexibility index (Phi) is 7.11. The minimum atomic E-state index is -4.43. The molecule has 0 atom stereocenters. The van der Waals surface area contributed by atoms with Gasteiger partial charge in [-0.05, 0) is 30.7 Å². The summed E-state index contributed by atoms with van der Waals surface area (Å²) in [4.78, 5) is 22.4. The first-order chi connectivity index (χ1) is 10.8. The number of esters is 1. The molecule has 0 spiro atoms. The molecule has 0 saturated heterocycles. The third kappa shape index (κ3) is 8.50. The van der Waals surface area contributed by atoms with E-state index in [1.165, 1.54) is 6.08 Å². The highest BCUT2D eigenvalue weighted by atomic mass is 19.4. The monoisotopic (exact) mass is 330 g/mol. The predicted molar refractivity (Wildman–Crippen MR) is 79.7 cm³/mol. The van der Waals surface area contributed by atoms with E-state index in [0.29, 0.717) is 12.3 Å². The zero-order chi connectivity index (χ0) is 17.3. The summed E-state index contributed by atoms with van der Waals surface area (Å²) in [7, 11) is 0. The van der Waals surface area contributed by atoms with Crippen LogP contribution in [0.1, 0.15) is 12.5 Å². The third-order valence-corrected chi connectivity index (χ3v) is 2.55. The summed E-state index contributed by atoms with van der Waals surface area (Å²) in [5.74, 6) is -1.20. The van der Waals surface area contributed by atoms with Crippen molar-refractivity contribution in [2.24, 2.45) is 0 Å². The minimum Gasteiger partial charge on any atom is -0.463 e. The van der Waals surface area contributed by atoms with Gasteiger partial charge in [0.05, 0.1) is 13.2 Å². The number of halogens is 3. The van der Waals surface area contributed by atoms with Crippen LogP contribution in [-0.2, 0) is 14.3 Å². The first-order valence-corrected chi connectivity index (χ1v) is 6.82. The zero-order valence-corrected chi connectivity index (χ0v) is 12.4. The second kappa shape index (κ2) is 8.82. The molecule has 0 heterocycles. The Bertz CT molecular complexity index is 554. The normalized spacial score (nSPS) is 11.3. The summed E-state index contributed by atoms with van der Waals surface area (Å²) in [6.45, 7) is 0.374. The van der Waals surface area contributed by atoms with Gasteiger partial charge in [-0.25, -0.2) is 4.79 Å². The van der Waals surface area contributed by atoms with E-state index in [4.69, 9.17) is 4.74 Å². The van der Waals surface area contributed by atoms with E-state index < -0.39 is 24.6 Å². The van der Waals surface area contributed by atoms with Crippen molar-refractivity contribution < 1.29 is 27.5 Å². The third-order valence-electron chi connectivity index (χ3n) is 2.55. The van der Waals surface area contributed by atoms with E-state index in [1.807, 2.05) is 0 Å². The molecule has 1 aromatic carbocycles. The molecule has 23 heavy (non-hydrogen) atoms. The van der Waals surface area contributed by atoms with E-state index in [2.05, 4.69) is 5.32 Å². The van der Waals surface area contributed by atoms with Gasteiger partial charge in [0.15, 0.2) is 0 Å². The van der Waals surface area contributed by atoms with Gasteiger partial charge >= 0.3 is 12.1 Å². The molecule has 0 aromatic heterocycles. The van der Waals surface area contributed by atoms with Crippen molar-refractivity contribution in [3.05, 3.63) is 35.9 Å². The average molecular weight is 330 g/mol. The molecule has 0 aliphatic rings. The maximum absolute atomic E-state index is 11.9. The number of hydrogen-bond acceptors (Lipinski definition) is 4. The molecule has 0 bridgehead atoms. The summed E-state index contributed by atoms with van der Waals surface area (Å²) in [5.41, 5.74) is 1.31. The number of nitrogens with one attached hydrogen (secondary N) is 2. The second-order valence-electron chi connectivity index (χ2n) is 4.45. The van der Waals surface area contributed by atoms with Gasteiger partial charge < -0.3 is 15.4 Å². The van der Waals surface area contributed by atoms with Crippen LogP contribution in [0.5, 0.6) is 0 Å². The standard InChI is InChI=1S/C15H17F3N2O3/c1-2-23-14(22)8-5-11-3-6-12(7-4-11)19-9-13(21)20-10-15(16,17)18/h3-8,19H,2,9-10H2,1H3,(H,20,21)/b8-5+. The fourth-order valence-electron chi connectivity index (χ4n) is 1.51. The maximum Gasteiger partial charge on any atom is 0.405 e. The van der Waals surface area contributed by atoms with Crippen LogP contribution in [0.3, 0.4) is 0 Å². The van der Waals surface area contributed by atoms with Crippen LogP contribution in [0.4, 0.5) is 18.9 Å². The van der Waals surface area contributed by atoms with E-state index in [9.17, 15) is 22.8 Å². The lowest BCUT2D eigenvalue weighted by atomic mass is 10.2. The molecule has 1 amide bonds. The van der Waals surface area contributed by atoms with Crippen molar-refractivity contribution in [1.29, 1.82) is 0 Å². The molecule has 126 valence electrons. The summed E-state index contributed by atoms with van der Waals surface area (Å²) in [5, 5.41) is 4.46. The average Bonchev–Trinajstić information content (AvgIpc) is 2.49. The SMILES string of the molecule is CCOC(=O)/C=C/c1ccc(NCC(=O)NCC(F)(F)F)cc1. The van der Waals surface area contributed by atoms with Crippen molar-refractivity contribution in [1.82, 2.24) is 5.32 Å². The largest absolute Gasteiger partial charge is 0.463 e. The lowest BCUT2D eigenvalue weighted by Crippen LogP contribution is -2.37. The molecule has 1 aromatic rings. The van der Waals surface area contributed by atoms with Crippen LogP contribution in [0.15, 0.2) is 30.3 Å². The van der Waals surface area contributed by atoms with E-state index in [0.717, 1.165) is 5.56 Å². The fraction of sp³-hybridized carbons (Fsp3) is 0.333. The number of carbonyl (C=O) groups is 2. The molecular formula is C15H17F3N2O3. The molecule has 5 nitrogen and oxygen atoms in total. The molecule has 0 unspecified atom stereocenters. The Balaban J connectivity index is 2.42. The summed E-state index contributed by atoms with van der Waals surface area (Å²) >= 11 is 0. The summed E-state index contributed by atoms with van der Waals surface area (Å²) in [6.07, 6.45) is -1.57. The molecule has 0 fully saturated rings. The Morgan fingerprint density at radius 2 is 1.87 bits per heavy atom. The quantitative estimate of drug-likeness (QED) is 0.595. The van der Waals surface area contributed by atoms with Gasteiger partial charge in [-0.2, -0.15) is 13.2 Å². The van der Waals surface area contributed by atoms with Crippen molar-refractivity contribution in [2.75, 3.05) is 25.0 Å². The van der Waals surface area contributed by atoms with Gasteiger partial charge in [-0.3, -0.25) is 4.79 Å². The first kappa shape index (κ1) is 18.5. The summed E-state index contributed by atoms with van der Waals surface area (Å²) < 4.78 is 40.5. The smallest absolute Gasteiger partial charge is 0.405 e. The predicted octanol–water partition coefficient (Wildman–Crippen LogP) is 2.35. The van der Waals surface area contributed by atoms with Gasteiger partial charge in [-0.15, -0.1) is 0 Å². The number of carbonyl (C=O) groups excluding carboxylic acids is 2. The number of alkyl halides is 3. The van der Waals surface area contributed by atoms with E-state index in [-0.39, 0.29) is 6.54 Å². The minimum absolute atomic E-state index is 0.270. The Hall–Kier alpha value is -2.51. The van der Waals surface area contributed by atoms with E-state index >= 15 is 0 Å². The first-order valence-electron chi connectivity index (χ1n) is 6.82. The molecule has 1 rings (SSSR count). The van der Waals surface area contributed by atoms with Crippen molar-refractivity contribution in [3.63, 3.8) is 0 Å². The number of benzene rings is 1. The molecular weight excluding hydrogens is 313 g/mol. The molecule has 0 radical (unpaired) electrons. The molecule has 8 heteroatoms. The van der Waals surface area contributed by atoms with Crippen LogP contribution < -0.4 is 10.6 Å². The molecule has 0 saturated carbocycles. The topological polar surface area (TPSA) is 67.4 Å². The number of hydrogen-bond donors (Lipinski definition) is 2. The molecule has 2 N–H and O–H groups in total. The fourth-order valence-corrected chi connectivity index (χ4v) is 1.51. The highest BCUT2D eigenvalue weighted by Crippen LogP contribution is 2.12. The zero-order valence-electron chi connectivity index (χ0n) is 12.4. The van der Waals surface area contributed by atoms with Crippen LogP contribution in [0.25, 0.3) is 6.08 Å². The van der Waals surface area contributed by atoms with Crippen molar-refractivity contribution in [3.8, 4) is 0 Å². The highest BCUT2D eigenvalue weighted by Gasteiger charge is 2.27. The van der Waals surface area contributed by atoms with Crippen molar-refractivity contribution >= 4 is 23.6 Å². The van der Waals surface area contributed by atoms with Gasteiger partial charge in [0.2, 0.25) is 5.91 Å². The second-order valence-corrected chi connectivity index (χ2v) is 4.45. The van der Waals surface area contributed by atoms with Crippen LogP contribution in [-0.4, -0.2) is 37.7 Å². The van der Waals surface area contributed by atoms with Gasteiger partial charge in [0.25, 0.3) is 0 Å². The van der Waals surface area contributed by atoms with Gasteiger partial charge in [-0.1, -0.05) is 12.1 Å². The lowest BCUT2D eigenvalue weighted by Gasteiger charge is -2.09. The van der Waals surface area contributed by atoms with Crippen molar-refractivity contribution in [2.45, 2.75) is 13.1 Å². The molecule has 0 aliphatic carbocycles. The number of ether oxygens (including phenoxy) is 1. The lowest BCUT2D eigenvalue weighted by molar-refractivity contribution is -0.137. The maximum atomic E-state index is 11.9. The highest BCUT2D eigenvalue weighted by molar-refractivity contribution is 5.87. The van der Waals surface area contributed by atoms with Gasteiger partial charge in [0.1, 0.15) is 6.54 Å². The Labute approximate surface area is 131 Å². The van der Waals surface area contributed by atoms with Crippen LogP contribution >= 0.6 is 0 Å². The Morgan fingerprint density at radius 1 is 1.22 bits per heavy atom. The van der Waals surface area contributed by atoms with Crippen LogP contribution in [0.2, 0.25) is 0 Å². The van der Waals surface area contributed by atoms with Crippen LogP contribution in [0, 0.1) is 0 Å².